The number of aliphatic hydroxyl groups is 4. The largest absolute Gasteiger partial charge is 0.481 e. The topological polar surface area (TPSA) is 177 Å². The van der Waals surface area contributed by atoms with Gasteiger partial charge in [0.05, 0.1) is 12.4 Å². The first-order valence-electron chi connectivity index (χ1n) is 6.36. The van der Waals surface area contributed by atoms with Crippen LogP contribution in [-0.4, -0.2) is 97.4 Å². The minimum absolute atomic E-state index is 0.114. The van der Waals surface area contributed by atoms with Crippen molar-refractivity contribution in [3.05, 3.63) is 0 Å². The molecule has 1 aliphatic heterocycles. The summed E-state index contributed by atoms with van der Waals surface area (Å²) in [6.45, 7) is -0.630. The Morgan fingerprint density at radius 1 is 1.14 bits per heavy atom. The molecule has 0 spiro atoms. The second-order valence-corrected chi connectivity index (χ2v) is 5.75. The smallest absolute Gasteiger partial charge is 0.321 e. The normalized spacial score (nSPS) is 33.4. The highest BCUT2D eigenvalue weighted by Gasteiger charge is 2.44. The molecule has 6 atom stereocenters. The van der Waals surface area contributed by atoms with Crippen molar-refractivity contribution in [1.82, 2.24) is 5.32 Å². The number of rotatable bonds is 8. The lowest BCUT2D eigenvalue weighted by molar-refractivity contribution is -0.238. The summed E-state index contributed by atoms with van der Waals surface area (Å²) in [5.74, 6) is -2.80. The van der Waals surface area contributed by atoms with Crippen LogP contribution in [0.2, 0.25) is 0 Å². The molecule has 7 N–H and O–H groups in total. The van der Waals surface area contributed by atoms with Crippen LogP contribution in [0.3, 0.4) is 0 Å². The van der Waals surface area contributed by atoms with Crippen molar-refractivity contribution in [2.24, 2.45) is 0 Å². The predicted octanol–water partition coefficient (Wildman–Crippen LogP) is -3.35. The van der Waals surface area contributed by atoms with Crippen LogP contribution in [-0.2, 0) is 14.3 Å². The number of nitrogens with one attached hydrogen (secondary N) is 1. The van der Waals surface area contributed by atoms with Crippen molar-refractivity contribution in [2.45, 2.75) is 36.7 Å². The Kier molecular flexibility index (Phi) is 7.48. The molecule has 6 unspecified atom stereocenters. The summed E-state index contributed by atoms with van der Waals surface area (Å²) < 4.78 is 5.13. The van der Waals surface area contributed by atoms with Crippen LogP contribution in [0.5, 0.6) is 0 Å². The molecule has 128 valence electrons. The van der Waals surface area contributed by atoms with Crippen LogP contribution >= 0.6 is 11.8 Å². The summed E-state index contributed by atoms with van der Waals surface area (Å²) in [5.41, 5.74) is 0. The van der Waals surface area contributed by atoms with Crippen molar-refractivity contribution >= 4 is 23.7 Å². The first-order chi connectivity index (χ1) is 10.3. The van der Waals surface area contributed by atoms with Crippen LogP contribution in [0.4, 0.5) is 0 Å². The SMILES string of the molecule is O=C(O)CSCC(NC1OC(CO)C(O)C(O)C1O)C(=O)O. The van der Waals surface area contributed by atoms with Gasteiger partial charge in [0.1, 0.15) is 36.7 Å². The van der Waals surface area contributed by atoms with Crippen molar-refractivity contribution in [3.63, 3.8) is 0 Å². The molecule has 1 aliphatic rings. The van der Waals surface area contributed by atoms with Crippen LogP contribution in [0.15, 0.2) is 0 Å². The van der Waals surface area contributed by atoms with E-state index in [1.807, 2.05) is 0 Å². The highest BCUT2D eigenvalue weighted by Crippen LogP contribution is 2.20. The van der Waals surface area contributed by atoms with Crippen molar-refractivity contribution < 1.29 is 45.0 Å². The standard InChI is InChI=1S/C11H19NO9S/c13-1-5-7(16)8(17)9(18)10(21-5)12-4(11(19)20)2-22-3-6(14)15/h4-5,7-10,12-13,16-18H,1-3H2,(H,14,15)(H,19,20). The molecular formula is C11H19NO9S. The second kappa shape index (κ2) is 8.62. The van der Waals surface area contributed by atoms with Crippen molar-refractivity contribution in [1.29, 1.82) is 0 Å². The number of ether oxygens (including phenoxy) is 1. The number of carboxylic acid groups (broad SMARTS) is 2. The highest BCUT2D eigenvalue weighted by atomic mass is 32.2. The minimum Gasteiger partial charge on any atom is -0.481 e. The van der Waals surface area contributed by atoms with E-state index in [9.17, 15) is 24.9 Å². The summed E-state index contributed by atoms with van der Waals surface area (Å²) >= 11 is 0.854. The van der Waals surface area contributed by atoms with E-state index in [1.165, 1.54) is 0 Å². The molecule has 0 aromatic heterocycles. The lowest BCUT2D eigenvalue weighted by Gasteiger charge is -2.41. The van der Waals surface area contributed by atoms with Crippen LogP contribution in [0, 0.1) is 0 Å². The fourth-order valence-electron chi connectivity index (χ4n) is 1.89. The molecule has 1 rings (SSSR count). The lowest BCUT2D eigenvalue weighted by Crippen LogP contribution is -2.64. The van der Waals surface area contributed by atoms with Gasteiger partial charge >= 0.3 is 11.9 Å². The Hall–Kier alpha value is -0.950. The molecule has 1 saturated heterocycles. The van der Waals surface area contributed by atoms with Gasteiger partial charge in [-0.25, -0.2) is 0 Å². The van der Waals surface area contributed by atoms with E-state index >= 15 is 0 Å². The van der Waals surface area contributed by atoms with Gasteiger partial charge in [-0.2, -0.15) is 0 Å². The minimum atomic E-state index is -1.62. The van der Waals surface area contributed by atoms with Gasteiger partial charge in [-0.05, 0) is 0 Å². The molecule has 0 saturated carbocycles. The maximum atomic E-state index is 11.1. The maximum absolute atomic E-state index is 11.1. The summed E-state index contributed by atoms with van der Waals surface area (Å²) in [5, 5.41) is 58.1. The van der Waals surface area contributed by atoms with Crippen LogP contribution in [0.1, 0.15) is 0 Å². The zero-order valence-corrected chi connectivity index (χ0v) is 12.2. The first kappa shape index (κ1) is 19.1. The van der Waals surface area contributed by atoms with E-state index < -0.39 is 55.2 Å². The van der Waals surface area contributed by atoms with Gasteiger partial charge in [0.25, 0.3) is 0 Å². The lowest BCUT2D eigenvalue weighted by atomic mass is 9.98. The van der Waals surface area contributed by atoms with Gasteiger partial charge in [0, 0.05) is 5.75 Å². The van der Waals surface area contributed by atoms with E-state index in [-0.39, 0.29) is 11.5 Å². The van der Waals surface area contributed by atoms with Crippen molar-refractivity contribution in [2.75, 3.05) is 18.1 Å². The molecular weight excluding hydrogens is 322 g/mol. The van der Waals surface area contributed by atoms with Gasteiger partial charge in [0.2, 0.25) is 0 Å². The predicted molar refractivity (Wildman–Crippen MR) is 73.3 cm³/mol. The Balaban J connectivity index is 2.66. The fraction of sp³-hybridized carbons (Fsp3) is 0.818. The second-order valence-electron chi connectivity index (χ2n) is 4.72. The third-order valence-corrected chi connectivity index (χ3v) is 4.09. The first-order valence-corrected chi connectivity index (χ1v) is 7.52. The van der Waals surface area contributed by atoms with Crippen molar-refractivity contribution in [3.8, 4) is 0 Å². The molecule has 10 nitrogen and oxygen atoms in total. The number of aliphatic hydroxyl groups excluding tert-OH is 4. The Morgan fingerprint density at radius 2 is 1.77 bits per heavy atom. The molecule has 22 heavy (non-hydrogen) atoms. The van der Waals surface area contributed by atoms with E-state index in [0.717, 1.165) is 11.8 Å². The summed E-state index contributed by atoms with van der Waals surface area (Å²) in [6, 6.07) is -1.24. The van der Waals surface area contributed by atoms with E-state index in [1.54, 1.807) is 0 Å². The van der Waals surface area contributed by atoms with Gasteiger partial charge in [-0.15, -0.1) is 11.8 Å². The molecule has 0 aromatic carbocycles. The van der Waals surface area contributed by atoms with Gasteiger partial charge < -0.3 is 35.4 Å². The monoisotopic (exact) mass is 341 g/mol. The average molecular weight is 341 g/mol. The Labute approximate surface area is 129 Å². The quantitative estimate of drug-likeness (QED) is 0.235. The average Bonchev–Trinajstić information content (AvgIpc) is 2.45. The molecule has 0 bridgehead atoms. The van der Waals surface area contributed by atoms with Gasteiger partial charge in [0.15, 0.2) is 0 Å². The summed E-state index contributed by atoms with van der Waals surface area (Å²) in [6.07, 6.45) is -7.25. The van der Waals surface area contributed by atoms with Gasteiger partial charge in [-0.1, -0.05) is 0 Å². The Morgan fingerprint density at radius 3 is 2.27 bits per heavy atom. The number of hydrogen-bond donors (Lipinski definition) is 7. The third-order valence-electron chi connectivity index (χ3n) is 3.07. The number of thioether (sulfide) groups is 1. The third kappa shape index (κ3) is 5.05. The molecule has 0 amide bonds. The Bertz CT molecular complexity index is 394. The summed E-state index contributed by atoms with van der Waals surface area (Å²) in [4.78, 5) is 21.5. The molecule has 0 aliphatic carbocycles. The summed E-state index contributed by atoms with van der Waals surface area (Å²) in [7, 11) is 0. The van der Waals surface area contributed by atoms with E-state index in [4.69, 9.17) is 20.1 Å². The molecule has 0 aromatic rings. The van der Waals surface area contributed by atoms with E-state index in [2.05, 4.69) is 5.32 Å². The number of carbonyl (C=O) groups is 2. The van der Waals surface area contributed by atoms with Crippen LogP contribution in [0.25, 0.3) is 0 Å². The maximum Gasteiger partial charge on any atom is 0.321 e. The zero-order chi connectivity index (χ0) is 16.9. The van der Waals surface area contributed by atoms with E-state index in [0.29, 0.717) is 0 Å². The number of aliphatic carboxylic acids is 2. The molecule has 1 heterocycles. The van der Waals surface area contributed by atoms with Crippen LogP contribution < -0.4 is 5.32 Å². The number of carboxylic acids is 2. The molecule has 1 fully saturated rings. The highest BCUT2D eigenvalue weighted by molar-refractivity contribution is 8.00. The molecule has 11 heteroatoms. The van der Waals surface area contributed by atoms with Gasteiger partial charge in [-0.3, -0.25) is 14.9 Å². The fourth-order valence-corrected chi connectivity index (χ4v) is 2.66. The zero-order valence-electron chi connectivity index (χ0n) is 11.4. The number of hydrogen-bond acceptors (Lipinski definition) is 9. The molecule has 0 radical (unpaired) electrons.